The highest BCUT2D eigenvalue weighted by molar-refractivity contribution is 14.0. The van der Waals surface area contributed by atoms with Gasteiger partial charge in [0.2, 0.25) is 0 Å². The summed E-state index contributed by atoms with van der Waals surface area (Å²) in [4.78, 5) is 4.87. The van der Waals surface area contributed by atoms with Gasteiger partial charge in [-0.15, -0.1) is 24.0 Å². The van der Waals surface area contributed by atoms with Gasteiger partial charge >= 0.3 is 0 Å². The van der Waals surface area contributed by atoms with Crippen LogP contribution >= 0.6 is 24.0 Å². The maximum atomic E-state index is 5.55. The number of aliphatic imine (C=N–C) groups is 1. The lowest BCUT2D eigenvalue weighted by molar-refractivity contribution is 0.404. The second kappa shape index (κ2) is 8.74. The quantitative estimate of drug-likeness (QED) is 0.307. The van der Waals surface area contributed by atoms with Crippen LogP contribution in [0.3, 0.4) is 0 Å². The summed E-state index contributed by atoms with van der Waals surface area (Å²) in [5.74, 6) is 1.92. The predicted octanol–water partition coefficient (Wildman–Crippen LogP) is 3.62. The van der Waals surface area contributed by atoms with E-state index in [4.69, 9.17) is 9.73 Å². The van der Waals surface area contributed by atoms with Crippen molar-refractivity contribution in [3.05, 3.63) is 42.0 Å². The molecule has 24 heavy (non-hydrogen) atoms. The zero-order valence-electron chi connectivity index (χ0n) is 14.5. The van der Waals surface area contributed by atoms with E-state index in [0.29, 0.717) is 6.04 Å². The fraction of sp³-hybridized carbons (Fsp3) is 0.526. The van der Waals surface area contributed by atoms with Gasteiger partial charge in [0.15, 0.2) is 5.96 Å². The number of guanidine groups is 1. The first kappa shape index (κ1) is 19.1. The molecule has 1 aromatic carbocycles. The number of methoxy groups -OCH3 is 1. The number of rotatable bonds is 6. The summed E-state index contributed by atoms with van der Waals surface area (Å²) in [6, 6.07) is 8.83. The van der Waals surface area contributed by atoms with Crippen molar-refractivity contribution < 1.29 is 4.74 Å². The van der Waals surface area contributed by atoms with Crippen LogP contribution in [0.5, 0.6) is 5.75 Å². The van der Waals surface area contributed by atoms with Crippen molar-refractivity contribution >= 4 is 29.9 Å². The lowest BCUT2D eigenvalue weighted by Crippen LogP contribution is -2.42. The van der Waals surface area contributed by atoms with E-state index in [2.05, 4.69) is 41.8 Å². The summed E-state index contributed by atoms with van der Waals surface area (Å²) in [6.45, 7) is 3.80. The van der Waals surface area contributed by atoms with Crippen molar-refractivity contribution in [2.45, 2.75) is 44.1 Å². The van der Waals surface area contributed by atoms with Crippen LogP contribution in [0.2, 0.25) is 0 Å². The molecule has 0 bridgehead atoms. The zero-order chi connectivity index (χ0) is 16.1. The van der Waals surface area contributed by atoms with Crippen molar-refractivity contribution in [3.8, 4) is 5.75 Å². The van der Waals surface area contributed by atoms with Crippen LogP contribution < -0.4 is 15.4 Å². The Morgan fingerprint density at radius 1 is 1.25 bits per heavy atom. The number of para-hydroxylation sites is 1. The summed E-state index contributed by atoms with van der Waals surface area (Å²) in [7, 11) is 1.75. The Morgan fingerprint density at radius 2 is 1.96 bits per heavy atom. The van der Waals surface area contributed by atoms with Gasteiger partial charge in [-0.3, -0.25) is 4.99 Å². The average Bonchev–Trinajstić information content (AvgIpc) is 3.20. The molecular formula is C19H28IN3O. The molecule has 0 aliphatic heterocycles. The maximum Gasteiger partial charge on any atom is 0.191 e. The van der Waals surface area contributed by atoms with E-state index in [-0.39, 0.29) is 29.4 Å². The van der Waals surface area contributed by atoms with E-state index in [1.54, 1.807) is 7.11 Å². The third-order valence-electron chi connectivity index (χ3n) is 4.76. The van der Waals surface area contributed by atoms with Gasteiger partial charge in [0, 0.05) is 23.6 Å². The summed E-state index contributed by atoms with van der Waals surface area (Å²) >= 11 is 0. The molecule has 1 aromatic rings. The first-order chi connectivity index (χ1) is 11.3. The van der Waals surface area contributed by atoms with E-state index < -0.39 is 0 Å². The van der Waals surface area contributed by atoms with Gasteiger partial charge in [-0.1, -0.05) is 30.4 Å². The standard InChI is InChI=1S/C19H27N3O.HI/c1-3-20-18(22-15-8-4-5-9-15)21-14-19(12-13-19)16-10-6-7-11-17(16)23-2;/h4-7,10-11,15H,3,8-9,12-14H2,1-2H3,(H2,20,21,22);1H. The molecule has 0 unspecified atom stereocenters. The molecule has 0 saturated heterocycles. The van der Waals surface area contributed by atoms with E-state index >= 15 is 0 Å². The normalized spacial score (nSPS) is 18.8. The summed E-state index contributed by atoms with van der Waals surface area (Å²) in [5.41, 5.74) is 1.45. The molecule has 0 heterocycles. The Hall–Kier alpha value is -1.24. The predicted molar refractivity (Wildman–Crippen MR) is 111 cm³/mol. The second-order valence-electron chi connectivity index (χ2n) is 6.46. The van der Waals surface area contributed by atoms with Gasteiger partial charge in [-0.25, -0.2) is 0 Å². The number of ether oxygens (including phenoxy) is 1. The Bertz CT molecular complexity index is 588. The molecule has 2 aliphatic rings. The van der Waals surface area contributed by atoms with Gasteiger partial charge in [-0.2, -0.15) is 0 Å². The van der Waals surface area contributed by atoms with E-state index in [1.165, 1.54) is 18.4 Å². The maximum absolute atomic E-state index is 5.55. The summed E-state index contributed by atoms with van der Waals surface area (Å²) in [5, 5.41) is 6.91. The van der Waals surface area contributed by atoms with E-state index in [9.17, 15) is 0 Å². The third-order valence-corrected chi connectivity index (χ3v) is 4.76. The van der Waals surface area contributed by atoms with Crippen molar-refractivity contribution in [3.63, 3.8) is 0 Å². The van der Waals surface area contributed by atoms with Gasteiger partial charge in [0.25, 0.3) is 0 Å². The number of hydrogen-bond donors (Lipinski definition) is 2. The summed E-state index contributed by atoms with van der Waals surface area (Å²) < 4.78 is 5.55. The molecule has 1 fully saturated rings. The number of nitrogens with zero attached hydrogens (tertiary/aromatic N) is 1. The highest BCUT2D eigenvalue weighted by Gasteiger charge is 2.46. The second-order valence-corrected chi connectivity index (χ2v) is 6.46. The largest absolute Gasteiger partial charge is 0.496 e. The van der Waals surface area contributed by atoms with E-state index in [0.717, 1.165) is 37.6 Å². The minimum Gasteiger partial charge on any atom is -0.496 e. The molecule has 0 aromatic heterocycles. The van der Waals surface area contributed by atoms with Crippen LogP contribution in [0.1, 0.15) is 38.2 Å². The van der Waals surface area contributed by atoms with Crippen LogP contribution in [0.4, 0.5) is 0 Å². The number of benzene rings is 1. The lowest BCUT2D eigenvalue weighted by Gasteiger charge is -2.20. The molecule has 1 saturated carbocycles. The molecule has 5 heteroatoms. The monoisotopic (exact) mass is 441 g/mol. The molecule has 132 valence electrons. The fourth-order valence-electron chi connectivity index (χ4n) is 3.23. The molecular weight excluding hydrogens is 413 g/mol. The first-order valence-electron chi connectivity index (χ1n) is 8.61. The smallest absolute Gasteiger partial charge is 0.191 e. The SMILES string of the molecule is CCNC(=NCC1(c2ccccc2OC)CC1)NC1CC=CC1.I. The Morgan fingerprint density at radius 3 is 2.58 bits per heavy atom. The van der Waals surface area contributed by atoms with Crippen molar-refractivity contribution in [2.75, 3.05) is 20.2 Å². The molecule has 0 spiro atoms. The molecule has 2 N–H and O–H groups in total. The molecule has 3 rings (SSSR count). The van der Waals surface area contributed by atoms with Crippen LogP contribution in [0.15, 0.2) is 41.4 Å². The van der Waals surface area contributed by atoms with Gasteiger partial charge < -0.3 is 15.4 Å². The van der Waals surface area contributed by atoms with Crippen molar-refractivity contribution in [1.82, 2.24) is 10.6 Å². The lowest BCUT2D eigenvalue weighted by atomic mass is 9.95. The minimum absolute atomic E-state index is 0. The molecule has 4 nitrogen and oxygen atoms in total. The average molecular weight is 441 g/mol. The highest BCUT2D eigenvalue weighted by atomic mass is 127. The van der Waals surface area contributed by atoms with Gasteiger partial charge in [-0.05, 0) is 38.7 Å². The van der Waals surface area contributed by atoms with Crippen LogP contribution in [0.25, 0.3) is 0 Å². The zero-order valence-corrected chi connectivity index (χ0v) is 16.9. The first-order valence-corrected chi connectivity index (χ1v) is 8.61. The number of halogens is 1. The number of nitrogens with one attached hydrogen (secondary N) is 2. The van der Waals surface area contributed by atoms with Crippen LogP contribution in [-0.4, -0.2) is 32.2 Å². The fourth-order valence-corrected chi connectivity index (χ4v) is 3.23. The Kier molecular flexibility index (Phi) is 6.95. The van der Waals surface area contributed by atoms with Gasteiger partial charge in [0.1, 0.15) is 5.75 Å². The van der Waals surface area contributed by atoms with E-state index in [1.807, 2.05) is 12.1 Å². The molecule has 0 atom stereocenters. The Labute approximate surface area is 162 Å². The molecule has 0 radical (unpaired) electrons. The van der Waals surface area contributed by atoms with Crippen molar-refractivity contribution in [1.29, 1.82) is 0 Å². The molecule has 0 amide bonds. The number of hydrogen-bond acceptors (Lipinski definition) is 2. The van der Waals surface area contributed by atoms with Crippen molar-refractivity contribution in [2.24, 2.45) is 4.99 Å². The highest BCUT2D eigenvalue weighted by Crippen LogP contribution is 2.51. The van der Waals surface area contributed by atoms with Gasteiger partial charge in [0.05, 0.1) is 13.7 Å². The summed E-state index contributed by atoms with van der Waals surface area (Å²) in [6.07, 6.45) is 9.00. The molecule has 2 aliphatic carbocycles. The Balaban J connectivity index is 0.00000208. The topological polar surface area (TPSA) is 45.7 Å². The third kappa shape index (κ3) is 4.43. The minimum atomic E-state index is 0. The van der Waals surface area contributed by atoms with Crippen LogP contribution in [-0.2, 0) is 5.41 Å². The van der Waals surface area contributed by atoms with Crippen LogP contribution in [0, 0.1) is 0 Å².